The number of rotatable bonds is 10. The first-order valence-corrected chi connectivity index (χ1v) is 9.59. The molecule has 1 fully saturated rings. The number of unbranched alkanes of at least 4 members (excludes halogenated alkanes) is 1. The van der Waals surface area contributed by atoms with Crippen molar-refractivity contribution in [3.63, 3.8) is 0 Å². The maximum Gasteiger partial charge on any atom is 0.404 e. The number of primary amides is 1. The lowest BCUT2D eigenvalue weighted by Crippen LogP contribution is -2.80. The number of amides is 3. The summed E-state index contributed by atoms with van der Waals surface area (Å²) in [6, 6.07) is 0. The minimum absolute atomic E-state index is 0.0115. The van der Waals surface area contributed by atoms with Crippen LogP contribution >= 0.6 is 11.8 Å². The van der Waals surface area contributed by atoms with E-state index >= 15 is 0 Å². The predicted octanol–water partition coefficient (Wildman–Crippen LogP) is -0.561. The minimum atomic E-state index is -1.73. The number of thioether (sulfide) groups is 1. The number of carboxylic acids is 2. The van der Waals surface area contributed by atoms with E-state index in [2.05, 4.69) is 10.1 Å². The molecule has 0 radical (unpaired) electrons. The third-order valence-electron chi connectivity index (χ3n) is 4.39. The molecule has 0 aliphatic carbocycles. The number of β-lactam (4-membered cyclic amide) rings is 1. The second kappa shape index (κ2) is 9.13. The maximum atomic E-state index is 12.8. The van der Waals surface area contributed by atoms with Gasteiger partial charge in [-0.05, 0) is 12.8 Å². The van der Waals surface area contributed by atoms with Gasteiger partial charge in [0.25, 0.3) is 11.6 Å². The highest BCUT2D eigenvalue weighted by Gasteiger charge is 2.66. The predicted molar refractivity (Wildman–Crippen MR) is 97.3 cm³/mol. The van der Waals surface area contributed by atoms with Gasteiger partial charge in [-0.2, -0.15) is 0 Å². The quantitative estimate of drug-likeness (QED) is 0.198. The van der Waals surface area contributed by atoms with Crippen molar-refractivity contribution in [2.24, 2.45) is 5.73 Å². The smallest absolute Gasteiger partial charge is 0.404 e. The highest BCUT2D eigenvalue weighted by molar-refractivity contribution is 8.00. The van der Waals surface area contributed by atoms with Crippen LogP contribution in [-0.2, 0) is 28.7 Å². The van der Waals surface area contributed by atoms with Crippen LogP contribution in [0.15, 0.2) is 11.3 Å². The van der Waals surface area contributed by atoms with Gasteiger partial charge in [-0.25, -0.2) is 9.59 Å². The molecule has 2 aliphatic rings. The highest BCUT2D eigenvalue weighted by atomic mass is 32.2. The molecule has 0 unspecified atom stereocenters. The van der Waals surface area contributed by atoms with Gasteiger partial charge < -0.3 is 30.7 Å². The first-order valence-electron chi connectivity index (χ1n) is 8.54. The summed E-state index contributed by atoms with van der Waals surface area (Å²) < 4.78 is 9.92. The SMILES string of the molecule is CO[C@@]1(NC(=O)CCCCC(=O)O)C(=O)N2C(C(=O)O)=C(COC(N)=O)CS[C@H]21. The Morgan fingerprint density at radius 1 is 1.28 bits per heavy atom. The number of carbonyl (C=O) groups excluding carboxylic acids is 3. The molecular weight excluding hydrogens is 410 g/mol. The van der Waals surface area contributed by atoms with Crippen molar-refractivity contribution in [3.8, 4) is 0 Å². The number of aliphatic carboxylic acids is 2. The van der Waals surface area contributed by atoms with E-state index in [1.165, 1.54) is 7.11 Å². The molecule has 2 heterocycles. The van der Waals surface area contributed by atoms with Crippen LogP contribution in [0.1, 0.15) is 25.7 Å². The molecule has 0 spiro atoms. The normalized spacial score (nSPS) is 23.1. The molecule has 0 bridgehead atoms. The van der Waals surface area contributed by atoms with Crippen LogP contribution in [-0.4, -0.2) is 75.5 Å². The third kappa shape index (κ3) is 4.62. The number of carbonyl (C=O) groups is 5. The van der Waals surface area contributed by atoms with E-state index in [4.69, 9.17) is 15.6 Å². The standard InChI is InChI=1S/C16H21N3O9S/c1-27-16(18-9(20)4-2-3-5-10(21)22)13(25)19-11(12(23)24)8(6-28-15(17)26)7-29-14(16)19/h14H,2-7H2,1H3,(H2,17,26)(H,18,20)(H,21,22)(H,23,24)/t14-,16-/m0/s1. The Morgan fingerprint density at radius 3 is 2.48 bits per heavy atom. The summed E-state index contributed by atoms with van der Waals surface area (Å²) in [7, 11) is 1.22. The van der Waals surface area contributed by atoms with Gasteiger partial charge in [0.1, 0.15) is 17.7 Å². The summed E-state index contributed by atoms with van der Waals surface area (Å²) in [4.78, 5) is 59.0. The zero-order valence-corrected chi connectivity index (χ0v) is 16.3. The summed E-state index contributed by atoms with van der Waals surface area (Å²) in [5, 5.41) is 19.8. The van der Waals surface area contributed by atoms with Gasteiger partial charge in [-0.1, -0.05) is 0 Å². The van der Waals surface area contributed by atoms with Gasteiger partial charge in [0.15, 0.2) is 0 Å². The Bertz CT molecular complexity index is 769. The topological polar surface area (TPSA) is 186 Å². The van der Waals surface area contributed by atoms with Crippen LogP contribution in [0.3, 0.4) is 0 Å². The van der Waals surface area contributed by atoms with Crippen LogP contribution in [0.5, 0.6) is 0 Å². The van der Waals surface area contributed by atoms with Crippen molar-refractivity contribution in [3.05, 3.63) is 11.3 Å². The molecule has 0 aromatic carbocycles. The number of carboxylic acid groups (broad SMARTS) is 2. The fourth-order valence-electron chi connectivity index (χ4n) is 3.04. The third-order valence-corrected chi connectivity index (χ3v) is 5.77. The molecule has 13 heteroatoms. The molecule has 5 N–H and O–H groups in total. The number of nitrogens with zero attached hydrogens (tertiary/aromatic N) is 1. The molecule has 2 aliphatic heterocycles. The molecule has 12 nitrogen and oxygen atoms in total. The van der Waals surface area contributed by atoms with Crippen LogP contribution in [0, 0.1) is 0 Å². The number of fused-ring (bicyclic) bond motifs is 1. The van der Waals surface area contributed by atoms with Gasteiger partial charge in [0.05, 0.1) is 0 Å². The fraction of sp³-hybridized carbons (Fsp3) is 0.562. The number of nitrogens with two attached hydrogens (primary N) is 1. The Balaban J connectivity index is 2.12. The van der Waals surface area contributed by atoms with Gasteiger partial charge >= 0.3 is 18.0 Å². The lowest BCUT2D eigenvalue weighted by molar-refractivity contribution is -0.192. The maximum absolute atomic E-state index is 12.8. The highest BCUT2D eigenvalue weighted by Crippen LogP contribution is 2.46. The summed E-state index contributed by atoms with van der Waals surface area (Å²) in [6.45, 7) is -0.379. The fourth-order valence-corrected chi connectivity index (χ4v) is 4.46. The largest absolute Gasteiger partial charge is 0.481 e. The monoisotopic (exact) mass is 431 g/mol. The molecule has 0 aromatic heterocycles. The molecule has 160 valence electrons. The summed E-state index contributed by atoms with van der Waals surface area (Å²) in [5.74, 6) is -3.54. The van der Waals surface area contributed by atoms with Crippen molar-refractivity contribution in [2.45, 2.75) is 36.8 Å². The van der Waals surface area contributed by atoms with Crippen molar-refractivity contribution in [1.29, 1.82) is 0 Å². The number of nitrogens with one attached hydrogen (secondary N) is 1. The van der Waals surface area contributed by atoms with Crippen LogP contribution in [0.4, 0.5) is 4.79 Å². The van der Waals surface area contributed by atoms with Gasteiger partial charge in [0.2, 0.25) is 5.91 Å². The van der Waals surface area contributed by atoms with E-state index in [0.29, 0.717) is 12.8 Å². The average molecular weight is 431 g/mol. The molecule has 0 saturated carbocycles. The lowest BCUT2D eigenvalue weighted by atomic mass is 9.97. The van der Waals surface area contributed by atoms with Crippen molar-refractivity contribution < 1.29 is 43.7 Å². The zero-order valence-electron chi connectivity index (χ0n) is 15.5. The zero-order chi connectivity index (χ0) is 21.8. The van der Waals surface area contributed by atoms with E-state index in [-0.39, 0.29) is 36.5 Å². The molecule has 29 heavy (non-hydrogen) atoms. The second-order valence-electron chi connectivity index (χ2n) is 6.29. The second-order valence-corrected chi connectivity index (χ2v) is 7.36. The molecule has 2 atom stereocenters. The van der Waals surface area contributed by atoms with Crippen LogP contribution in [0.25, 0.3) is 0 Å². The van der Waals surface area contributed by atoms with E-state index < -0.39 is 40.9 Å². The Hall–Kier alpha value is -2.80. The number of methoxy groups -OCH3 is 1. The average Bonchev–Trinajstić information content (AvgIpc) is 2.66. The van der Waals surface area contributed by atoms with Crippen molar-refractivity contribution >= 4 is 41.6 Å². The summed E-state index contributed by atoms with van der Waals surface area (Å²) in [5.41, 5.74) is 3.02. The molecule has 0 aromatic rings. The Kier molecular flexibility index (Phi) is 7.08. The van der Waals surface area contributed by atoms with Gasteiger partial charge in [-0.3, -0.25) is 19.3 Å². The van der Waals surface area contributed by atoms with E-state index in [1.807, 2.05) is 0 Å². The van der Waals surface area contributed by atoms with E-state index in [1.54, 1.807) is 0 Å². The molecule has 2 rings (SSSR count). The number of ether oxygens (including phenoxy) is 2. The number of hydrogen-bond donors (Lipinski definition) is 4. The first-order chi connectivity index (χ1) is 13.6. The van der Waals surface area contributed by atoms with Crippen LogP contribution in [0.2, 0.25) is 0 Å². The first kappa shape index (κ1) is 22.5. The van der Waals surface area contributed by atoms with E-state index in [9.17, 15) is 29.1 Å². The van der Waals surface area contributed by atoms with Crippen molar-refractivity contribution in [1.82, 2.24) is 10.2 Å². The Morgan fingerprint density at radius 2 is 1.93 bits per heavy atom. The summed E-state index contributed by atoms with van der Waals surface area (Å²) >= 11 is 1.14. The van der Waals surface area contributed by atoms with E-state index in [0.717, 1.165) is 16.7 Å². The van der Waals surface area contributed by atoms with Crippen LogP contribution < -0.4 is 11.1 Å². The summed E-state index contributed by atoms with van der Waals surface area (Å²) in [6.07, 6.45) is -0.552. The van der Waals surface area contributed by atoms with Gasteiger partial charge in [0, 0.05) is 31.3 Å². The van der Waals surface area contributed by atoms with Crippen molar-refractivity contribution in [2.75, 3.05) is 19.5 Å². The molecular formula is C16H21N3O9S. The number of hydrogen-bond acceptors (Lipinski definition) is 8. The van der Waals surface area contributed by atoms with Gasteiger partial charge in [-0.15, -0.1) is 11.8 Å². The molecule has 3 amide bonds. The minimum Gasteiger partial charge on any atom is -0.481 e. The molecule has 1 saturated heterocycles. The lowest BCUT2D eigenvalue weighted by Gasteiger charge is -2.55. The Labute approximate surface area is 169 Å².